The predicted molar refractivity (Wildman–Crippen MR) is 74.6 cm³/mol. The average molecular weight is 292 g/mol. The number of hydrogen-bond donors (Lipinski definition) is 0. The second kappa shape index (κ2) is 5.71. The van der Waals surface area contributed by atoms with Gasteiger partial charge in [0.1, 0.15) is 5.75 Å². The zero-order chi connectivity index (χ0) is 14.7. The van der Waals surface area contributed by atoms with E-state index in [9.17, 15) is 14.9 Å². The average Bonchev–Trinajstić information content (AvgIpc) is 2.41. The molecule has 6 heteroatoms. The third-order valence-electron chi connectivity index (χ3n) is 2.62. The van der Waals surface area contributed by atoms with Gasteiger partial charge in [-0.1, -0.05) is 29.8 Å². The topological polar surface area (TPSA) is 69.4 Å². The van der Waals surface area contributed by atoms with Gasteiger partial charge in [-0.2, -0.15) is 0 Å². The second-order valence-corrected chi connectivity index (χ2v) is 4.41. The number of halogens is 1. The van der Waals surface area contributed by atoms with Crippen LogP contribution in [-0.4, -0.2) is 10.7 Å². The summed E-state index contributed by atoms with van der Waals surface area (Å²) >= 11 is 5.94. The second-order valence-electron chi connectivity index (χ2n) is 4.00. The zero-order valence-corrected chi connectivity index (χ0v) is 11.3. The molecule has 0 heterocycles. The minimum absolute atomic E-state index is 0.0760. The van der Waals surface area contributed by atoms with E-state index in [1.807, 2.05) is 0 Å². The summed E-state index contributed by atoms with van der Waals surface area (Å²) in [6.07, 6.45) is 0. The fourth-order valence-corrected chi connectivity index (χ4v) is 1.91. The minimum Gasteiger partial charge on any atom is -0.448 e. The fourth-order valence-electron chi connectivity index (χ4n) is 1.70. The van der Waals surface area contributed by atoms with E-state index >= 15 is 0 Å². The minimum atomic E-state index is -0.586. The van der Waals surface area contributed by atoms with Crippen LogP contribution < -0.4 is 4.74 Å². The Morgan fingerprint density at radius 3 is 2.55 bits per heavy atom. The number of nitrogens with zero attached hydrogens (tertiary/aromatic N) is 1. The number of para-hydroxylation sites is 2. The highest BCUT2D eigenvalue weighted by atomic mass is 35.5. The number of Topliss-reactive ketones (excluding diaryl/α,β-unsaturated/α-hetero) is 1. The summed E-state index contributed by atoms with van der Waals surface area (Å²) in [5.74, 6) is -0.0422. The van der Waals surface area contributed by atoms with Gasteiger partial charge in [0, 0.05) is 6.07 Å². The van der Waals surface area contributed by atoms with Crippen LogP contribution in [-0.2, 0) is 0 Å². The molecule has 0 aliphatic carbocycles. The number of ether oxygens (including phenoxy) is 1. The first kappa shape index (κ1) is 14.0. The molecule has 102 valence electrons. The van der Waals surface area contributed by atoms with Gasteiger partial charge in [0.05, 0.1) is 15.5 Å². The van der Waals surface area contributed by atoms with Gasteiger partial charge in [0.15, 0.2) is 5.78 Å². The molecule has 0 aliphatic heterocycles. The fraction of sp³-hybridized carbons (Fsp3) is 0.0714. The van der Waals surface area contributed by atoms with Crippen molar-refractivity contribution in [2.24, 2.45) is 0 Å². The van der Waals surface area contributed by atoms with Gasteiger partial charge in [-0.3, -0.25) is 14.9 Å². The molecule has 2 aromatic carbocycles. The van der Waals surface area contributed by atoms with Crippen molar-refractivity contribution in [1.29, 1.82) is 0 Å². The summed E-state index contributed by atoms with van der Waals surface area (Å²) in [5, 5.41) is 11.1. The van der Waals surface area contributed by atoms with Crippen molar-refractivity contribution in [2.75, 3.05) is 0 Å². The molecule has 0 N–H and O–H groups in total. The van der Waals surface area contributed by atoms with Crippen molar-refractivity contribution in [2.45, 2.75) is 6.92 Å². The van der Waals surface area contributed by atoms with Crippen molar-refractivity contribution in [1.82, 2.24) is 0 Å². The Hall–Kier alpha value is -2.40. The molecular weight excluding hydrogens is 282 g/mol. The summed E-state index contributed by atoms with van der Waals surface area (Å²) in [6, 6.07) is 10.7. The largest absolute Gasteiger partial charge is 0.448 e. The Morgan fingerprint density at radius 1 is 1.20 bits per heavy atom. The Kier molecular flexibility index (Phi) is 4.00. The number of nitro benzene ring substituents is 1. The van der Waals surface area contributed by atoms with Crippen LogP contribution in [0.1, 0.15) is 17.3 Å². The van der Waals surface area contributed by atoms with E-state index in [2.05, 4.69) is 0 Å². The molecule has 0 saturated carbocycles. The number of benzene rings is 2. The monoisotopic (exact) mass is 291 g/mol. The van der Waals surface area contributed by atoms with E-state index in [4.69, 9.17) is 16.3 Å². The van der Waals surface area contributed by atoms with E-state index in [0.29, 0.717) is 5.56 Å². The highest BCUT2D eigenvalue weighted by molar-refractivity contribution is 6.32. The highest BCUT2D eigenvalue weighted by Crippen LogP contribution is 2.38. The normalized spacial score (nSPS) is 10.1. The Labute approximate surface area is 119 Å². The maximum atomic E-state index is 11.5. The van der Waals surface area contributed by atoms with Crippen LogP contribution in [0.4, 0.5) is 5.69 Å². The van der Waals surface area contributed by atoms with Gasteiger partial charge < -0.3 is 4.74 Å². The van der Waals surface area contributed by atoms with E-state index < -0.39 is 4.92 Å². The van der Waals surface area contributed by atoms with Gasteiger partial charge in [0.2, 0.25) is 5.75 Å². The molecular formula is C14H10ClNO4. The molecule has 0 spiro atoms. The summed E-state index contributed by atoms with van der Waals surface area (Å²) in [7, 11) is 0. The number of hydrogen-bond acceptors (Lipinski definition) is 4. The van der Waals surface area contributed by atoms with Crippen LogP contribution in [0.2, 0.25) is 5.02 Å². The first-order valence-corrected chi connectivity index (χ1v) is 6.09. The summed E-state index contributed by atoms with van der Waals surface area (Å²) in [4.78, 5) is 21.9. The van der Waals surface area contributed by atoms with Crippen LogP contribution in [0.3, 0.4) is 0 Å². The van der Waals surface area contributed by atoms with Crippen molar-refractivity contribution in [3.63, 3.8) is 0 Å². The smallest absolute Gasteiger partial charge is 0.313 e. The number of carbonyl (C=O) groups is 1. The molecule has 0 aliphatic rings. The molecule has 2 rings (SSSR count). The highest BCUT2D eigenvalue weighted by Gasteiger charge is 2.20. The van der Waals surface area contributed by atoms with E-state index in [1.165, 1.54) is 25.1 Å². The van der Waals surface area contributed by atoms with Crippen LogP contribution in [0.25, 0.3) is 0 Å². The molecule has 0 amide bonds. The number of ketones is 1. The van der Waals surface area contributed by atoms with Crippen molar-refractivity contribution in [3.8, 4) is 11.5 Å². The van der Waals surface area contributed by atoms with Crippen molar-refractivity contribution in [3.05, 3.63) is 63.2 Å². The van der Waals surface area contributed by atoms with Gasteiger partial charge >= 0.3 is 5.69 Å². The van der Waals surface area contributed by atoms with Crippen LogP contribution in [0, 0.1) is 10.1 Å². The van der Waals surface area contributed by atoms with E-state index in [-0.39, 0.29) is 28.0 Å². The third kappa shape index (κ3) is 2.78. The number of carbonyl (C=O) groups excluding carboxylic acids is 1. The SMILES string of the molecule is CC(=O)c1ccccc1Oc1c(Cl)cccc1[N+](=O)[O-]. The lowest BCUT2D eigenvalue weighted by Crippen LogP contribution is -1.99. The third-order valence-corrected chi connectivity index (χ3v) is 2.92. The molecule has 0 atom stereocenters. The number of nitro groups is 1. The predicted octanol–water partition coefficient (Wildman–Crippen LogP) is 4.24. The van der Waals surface area contributed by atoms with Gasteiger partial charge in [-0.15, -0.1) is 0 Å². The van der Waals surface area contributed by atoms with E-state index in [1.54, 1.807) is 24.3 Å². The standard InChI is InChI=1S/C14H10ClNO4/c1-9(17)10-5-2-3-8-13(10)20-14-11(15)6-4-7-12(14)16(18)19/h2-8H,1H3. The Morgan fingerprint density at radius 2 is 1.90 bits per heavy atom. The maximum absolute atomic E-state index is 11.5. The lowest BCUT2D eigenvalue weighted by molar-refractivity contribution is -0.385. The number of rotatable bonds is 4. The molecule has 0 fully saturated rings. The van der Waals surface area contributed by atoms with Crippen LogP contribution in [0.5, 0.6) is 11.5 Å². The molecule has 0 radical (unpaired) electrons. The van der Waals surface area contributed by atoms with Crippen molar-refractivity contribution < 1.29 is 14.5 Å². The lowest BCUT2D eigenvalue weighted by Gasteiger charge is -2.10. The Bertz CT molecular complexity index is 685. The van der Waals surface area contributed by atoms with Crippen molar-refractivity contribution >= 4 is 23.1 Å². The quantitative estimate of drug-likeness (QED) is 0.480. The molecule has 5 nitrogen and oxygen atoms in total. The summed E-state index contributed by atoms with van der Waals surface area (Å²) in [6.45, 7) is 1.39. The first-order chi connectivity index (χ1) is 9.50. The maximum Gasteiger partial charge on any atom is 0.313 e. The van der Waals surface area contributed by atoms with Gasteiger partial charge in [-0.25, -0.2) is 0 Å². The van der Waals surface area contributed by atoms with Gasteiger partial charge in [0.25, 0.3) is 0 Å². The van der Waals surface area contributed by atoms with Crippen LogP contribution >= 0.6 is 11.6 Å². The summed E-state index contributed by atoms with van der Waals surface area (Å²) in [5.41, 5.74) is 0.0811. The van der Waals surface area contributed by atoms with E-state index in [0.717, 1.165) is 0 Å². The first-order valence-electron chi connectivity index (χ1n) is 5.71. The molecule has 0 saturated heterocycles. The molecule has 2 aromatic rings. The zero-order valence-electron chi connectivity index (χ0n) is 10.5. The Balaban J connectivity index is 2.51. The summed E-state index contributed by atoms with van der Waals surface area (Å²) < 4.78 is 5.50. The lowest BCUT2D eigenvalue weighted by atomic mass is 10.1. The van der Waals surface area contributed by atoms with Crippen LogP contribution in [0.15, 0.2) is 42.5 Å². The molecule has 0 bridgehead atoms. The molecule has 0 aromatic heterocycles. The van der Waals surface area contributed by atoms with Gasteiger partial charge in [-0.05, 0) is 25.1 Å². The molecule has 0 unspecified atom stereocenters. The molecule has 20 heavy (non-hydrogen) atoms.